The summed E-state index contributed by atoms with van der Waals surface area (Å²) in [5.74, 6) is 1.43. The molecule has 0 spiro atoms. The number of hydrogen-bond acceptors (Lipinski definition) is 7. The molecule has 4 rings (SSSR count). The number of thiophene rings is 1. The fourth-order valence-corrected chi connectivity index (χ4v) is 4.07. The Morgan fingerprint density at radius 3 is 2.60 bits per heavy atom. The molecule has 0 saturated carbocycles. The van der Waals surface area contributed by atoms with Gasteiger partial charge in [-0.25, -0.2) is 0 Å². The van der Waals surface area contributed by atoms with Crippen molar-refractivity contribution >= 4 is 11.3 Å². The Balaban J connectivity index is 1.45. The van der Waals surface area contributed by atoms with Crippen molar-refractivity contribution in [2.45, 2.75) is 13.2 Å². The third-order valence-corrected chi connectivity index (χ3v) is 5.62. The SMILES string of the molecule is N#Cc1c(-c2ccc3c(c2)OCCO3)csc1OCc1ccc(CNCCO)cc1. The Labute approximate surface area is 179 Å². The van der Waals surface area contributed by atoms with Crippen LogP contribution in [-0.2, 0) is 13.2 Å². The van der Waals surface area contributed by atoms with Crippen molar-refractivity contribution in [3.8, 4) is 33.8 Å². The van der Waals surface area contributed by atoms with E-state index in [0.29, 0.717) is 49.3 Å². The number of fused-ring (bicyclic) bond motifs is 1. The zero-order chi connectivity index (χ0) is 20.8. The lowest BCUT2D eigenvalue weighted by Crippen LogP contribution is -2.17. The maximum absolute atomic E-state index is 9.72. The van der Waals surface area contributed by atoms with E-state index >= 15 is 0 Å². The minimum absolute atomic E-state index is 0.127. The van der Waals surface area contributed by atoms with Gasteiger partial charge >= 0.3 is 0 Å². The number of hydrogen-bond donors (Lipinski definition) is 2. The van der Waals surface area contributed by atoms with Crippen LogP contribution < -0.4 is 19.5 Å². The molecule has 1 aromatic heterocycles. The van der Waals surface area contributed by atoms with Crippen LogP contribution in [0.5, 0.6) is 16.6 Å². The summed E-state index contributed by atoms with van der Waals surface area (Å²) in [4.78, 5) is 0. The molecule has 0 atom stereocenters. The van der Waals surface area contributed by atoms with E-state index in [1.165, 1.54) is 11.3 Å². The van der Waals surface area contributed by atoms with Gasteiger partial charge in [0, 0.05) is 24.0 Å². The van der Waals surface area contributed by atoms with Crippen molar-refractivity contribution < 1.29 is 19.3 Å². The number of nitrogens with one attached hydrogen (secondary N) is 1. The third-order valence-electron chi connectivity index (χ3n) is 4.73. The third kappa shape index (κ3) is 4.57. The van der Waals surface area contributed by atoms with Gasteiger partial charge < -0.3 is 24.6 Å². The molecule has 0 saturated heterocycles. The first-order valence-electron chi connectivity index (χ1n) is 9.72. The van der Waals surface area contributed by atoms with Crippen molar-refractivity contribution in [2.24, 2.45) is 0 Å². The second-order valence-electron chi connectivity index (χ2n) is 6.79. The molecular formula is C23H22N2O4S. The van der Waals surface area contributed by atoms with E-state index in [0.717, 1.165) is 28.0 Å². The van der Waals surface area contributed by atoms with Gasteiger partial charge in [0.15, 0.2) is 16.6 Å². The largest absolute Gasteiger partial charge is 0.486 e. The summed E-state index contributed by atoms with van der Waals surface area (Å²) in [6, 6.07) is 16.1. The molecule has 6 nitrogen and oxygen atoms in total. The lowest BCUT2D eigenvalue weighted by Gasteiger charge is -2.18. The van der Waals surface area contributed by atoms with Crippen molar-refractivity contribution in [1.29, 1.82) is 5.26 Å². The molecule has 2 aromatic carbocycles. The van der Waals surface area contributed by atoms with E-state index in [1.807, 2.05) is 47.8 Å². The van der Waals surface area contributed by atoms with E-state index in [1.54, 1.807) is 0 Å². The van der Waals surface area contributed by atoms with Crippen LogP contribution in [-0.4, -0.2) is 31.5 Å². The zero-order valence-electron chi connectivity index (χ0n) is 16.4. The summed E-state index contributed by atoms with van der Waals surface area (Å²) in [7, 11) is 0. The quantitative estimate of drug-likeness (QED) is 0.539. The van der Waals surface area contributed by atoms with Gasteiger partial charge in [0.05, 0.1) is 6.61 Å². The summed E-state index contributed by atoms with van der Waals surface area (Å²) in [5, 5.41) is 24.2. The predicted molar refractivity (Wildman–Crippen MR) is 115 cm³/mol. The summed E-state index contributed by atoms with van der Waals surface area (Å²) in [5.41, 5.74) is 4.43. The smallest absolute Gasteiger partial charge is 0.192 e. The summed E-state index contributed by atoms with van der Waals surface area (Å²) in [6.45, 7) is 2.88. The standard InChI is InChI=1S/C23H22N2O4S/c24-12-19-20(18-5-6-21-22(11-18)28-10-9-27-21)15-30-23(19)29-14-17-3-1-16(2-4-17)13-25-7-8-26/h1-6,11,15,25-26H,7-10,13-14H2. The molecule has 0 bridgehead atoms. The highest BCUT2D eigenvalue weighted by Gasteiger charge is 2.18. The lowest BCUT2D eigenvalue weighted by atomic mass is 10.0. The molecule has 0 aliphatic carbocycles. The first-order valence-corrected chi connectivity index (χ1v) is 10.6. The Bertz CT molecular complexity index is 1040. The van der Waals surface area contributed by atoms with Crippen LogP contribution in [0.1, 0.15) is 16.7 Å². The number of aliphatic hydroxyl groups excluding tert-OH is 1. The van der Waals surface area contributed by atoms with E-state index in [4.69, 9.17) is 19.3 Å². The lowest BCUT2D eigenvalue weighted by molar-refractivity contribution is 0.171. The van der Waals surface area contributed by atoms with Gasteiger partial charge in [-0.05, 0) is 28.8 Å². The molecule has 2 heterocycles. The van der Waals surface area contributed by atoms with Crippen molar-refractivity contribution in [1.82, 2.24) is 5.32 Å². The number of rotatable bonds is 8. The number of aliphatic hydroxyl groups is 1. The van der Waals surface area contributed by atoms with E-state index in [-0.39, 0.29) is 6.61 Å². The first kappa shape index (κ1) is 20.2. The van der Waals surface area contributed by atoms with E-state index in [2.05, 4.69) is 11.4 Å². The molecule has 0 amide bonds. The molecule has 0 unspecified atom stereocenters. The summed E-state index contributed by atoms with van der Waals surface area (Å²) < 4.78 is 17.2. The minimum Gasteiger partial charge on any atom is -0.486 e. The van der Waals surface area contributed by atoms with Gasteiger partial charge in [-0.15, -0.1) is 11.3 Å². The zero-order valence-corrected chi connectivity index (χ0v) is 17.2. The molecule has 30 heavy (non-hydrogen) atoms. The van der Waals surface area contributed by atoms with Crippen LogP contribution >= 0.6 is 11.3 Å². The van der Waals surface area contributed by atoms with Gasteiger partial charge in [-0.2, -0.15) is 5.26 Å². The minimum atomic E-state index is 0.127. The summed E-state index contributed by atoms with van der Waals surface area (Å²) >= 11 is 1.42. The number of nitriles is 1. The molecule has 154 valence electrons. The van der Waals surface area contributed by atoms with Gasteiger partial charge in [-0.3, -0.25) is 0 Å². The van der Waals surface area contributed by atoms with Crippen LogP contribution in [0.15, 0.2) is 47.8 Å². The van der Waals surface area contributed by atoms with Crippen molar-refractivity contribution in [2.75, 3.05) is 26.4 Å². The van der Waals surface area contributed by atoms with E-state index in [9.17, 15) is 5.26 Å². The highest BCUT2D eigenvalue weighted by molar-refractivity contribution is 7.12. The van der Waals surface area contributed by atoms with Crippen molar-refractivity contribution in [3.63, 3.8) is 0 Å². The van der Waals surface area contributed by atoms with Crippen LogP contribution in [0, 0.1) is 11.3 Å². The molecule has 0 fully saturated rings. The summed E-state index contributed by atoms with van der Waals surface area (Å²) in [6.07, 6.45) is 0. The highest BCUT2D eigenvalue weighted by atomic mass is 32.1. The Hall–Kier alpha value is -3.05. The molecule has 7 heteroatoms. The molecule has 2 N–H and O–H groups in total. The first-order chi connectivity index (χ1) is 14.8. The fourth-order valence-electron chi connectivity index (χ4n) is 3.19. The predicted octanol–water partition coefficient (Wildman–Crippen LogP) is 3.72. The highest BCUT2D eigenvalue weighted by Crippen LogP contribution is 2.40. The van der Waals surface area contributed by atoms with Crippen LogP contribution in [0.3, 0.4) is 0 Å². The Kier molecular flexibility index (Phi) is 6.50. The molecule has 0 radical (unpaired) electrons. The topological polar surface area (TPSA) is 83.7 Å². The Morgan fingerprint density at radius 2 is 1.83 bits per heavy atom. The maximum atomic E-state index is 9.72. The molecular weight excluding hydrogens is 400 g/mol. The van der Waals surface area contributed by atoms with Gasteiger partial charge in [0.1, 0.15) is 31.5 Å². The fraction of sp³-hybridized carbons (Fsp3) is 0.261. The monoisotopic (exact) mass is 422 g/mol. The molecule has 1 aliphatic rings. The van der Waals surface area contributed by atoms with Crippen LogP contribution in [0.25, 0.3) is 11.1 Å². The Morgan fingerprint density at radius 1 is 1.07 bits per heavy atom. The van der Waals surface area contributed by atoms with Crippen LogP contribution in [0.4, 0.5) is 0 Å². The maximum Gasteiger partial charge on any atom is 0.192 e. The van der Waals surface area contributed by atoms with Crippen molar-refractivity contribution in [3.05, 3.63) is 64.5 Å². The second kappa shape index (κ2) is 9.63. The van der Waals surface area contributed by atoms with E-state index < -0.39 is 0 Å². The number of benzene rings is 2. The van der Waals surface area contributed by atoms with Crippen LogP contribution in [0.2, 0.25) is 0 Å². The van der Waals surface area contributed by atoms with Gasteiger partial charge in [-0.1, -0.05) is 30.3 Å². The van der Waals surface area contributed by atoms with Gasteiger partial charge in [0.25, 0.3) is 0 Å². The van der Waals surface area contributed by atoms with Gasteiger partial charge in [0.2, 0.25) is 0 Å². The molecule has 1 aliphatic heterocycles. The molecule has 3 aromatic rings. The number of ether oxygens (including phenoxy) is 3. The number of nitrogens with zero attached hydrogens (tertiary/aromatic N) is 1. The average Bonchev–Trinajstić information content (AvgIpc) is 3.21. The normalized spacial score (nSPS) is 12.4. The average molecular weight is 423 g/mol. The second-order valence-corrected chi connectivity index (χ2v) is 7.63.